The molecule has 2 heterocycles. The van der Waals surface area contributed by atoms with Crippen LogP contribution >= 0.6 is 0 Å². The Bertz CT molecular complexity index is 756. The first-order chi connectivity index (χ1) is 10.9. The van der Waals surface area contributed by atoms with Crippen molar-refractivity contribution in [2.45, 2.75) is 6.42 Å². The molecule has 2 amide bonds. The third-order valence-electron chi connectivity index (χ3n) is 3.09. The third-order valence-corrected chi connectivity index (χ3v) is 3.09. The van der Waals surface area contributed by atoms with Crippen molar-refractivity contribution in [3.8, 4) is 6.07 Å². The van der Waals surface area contributed by atoms with E-state index in [9.17, 15) is 9.59 Å². The third kappa shape index (κ3) is 3.46. The molecule has 2 rings (SSSR count). The number of nitrogen functional groups attached to an aromatic ring is 1. The highest BCUT2D eigenvalue weighted by atomic mass is 16.2. The minimum absolute atomic E-state index is 0.228. The quantitative estimate of drug-likeness (QED) is 0.882. The number of nitrogens with two attached hydrogens (primary N) is 1. The van der Waals surface area contributed by atoms with Crippen molar-refractivity contribution < 1.29 is 9.59 Å². The molecule has 2 N–H and O–H groups in total. The van der Waals surface area contributed by atoms with E-state index in [0.717, 1.165) is 9.36 Å². The molecule has 120 valence electrons. The standard InChI is InChI=1S/C13H16N8O2/c1-18(7-3-6-14)12(22)20-9-5-11(17-20)19(2)13(23)21-8-4-10(15)16-21/h4-5,8-9H,3,7H2,1-2H3,(H2,15,16). The van der Waals surface area contributed by atoms with E-state index in [4.69, 9.17) is 11.0 Å². The topological polar surface area (TPSA) is 126 Å². The molecule has 0 radical (unpaired) electrons. The van der Waals surface area contributed by atoms with Crippen molar-refractivity contribution in [1.82, 2.24) is 24.5 Å². The normalized spacial score (nSPS) is 10.1. The summed E-state index contributed by atoms with van der Waals surface area (Å²) < 4.78 is 2.18. The maximum Gasteiger partial charge on any atom is 0.350 e. The number of carbonyl (C=O) groups is 2. The number of carbonyl (C=O) groups excluding carboxylic acids is 2. The maximum atomic E-state index is 12.2. The molecule has 0 spiro atoms. The highest BCUT2D eigenvalue weighted by molar-refractivity contribution is 5.91. The summed E-state index contributed by atoms with van der Waals surface area (Å²) in [6, 6.07) is 4.14. The van der Waals surface area contributed by atoms with Crippen LogP contribution in [0.3, 0.4) is 0 Å². The molecule has 0 unspecified atom stereocenters. The lowest BCUT2D eigenvalue weighted by molar-refractivity contribution is 0.208. The molecule has 0 bridgehead atoms. The maximum absolute atomic E-state index is 12.2. The smallest absolute Gasteiger partial charge is 0.350 e. The van der Waals surface area contributed by atoms with E-state index in [2.05, 4.69) is 10.2 Å². The summed E-state index contributed by atoms with van der Waals surface area (Å²) in [7, 11) is 3.08. The molecule has 0 atom stereocenters. The molecule has 10 nitrogen and oxygen atoms in total. The average Bonchev–Trinajstić information content (AvgIpc) is 3.19. The van der Waals surface area contributed by atoms with E-state index in [1.165, 1.54) is 41.4 Å². The SMILES string of the molecule is CN(CCC#N)C(=O)n1ccc(N(C)C(=O)n2ccc(N)n2)n1. The van der Waals surface area contributed by atoms with Gasteiger partial charge in [-0.25, -0.2) is 9.59 Å². The molecule has 10 heteroatoms. The van der Waals surface area contributed by atoms with Crippen molar-refractivity contribution in [2.24, 2.45) is 0 Å². The Balaban J connectivity index is 2.10. The van der Waals surface area contributed by atoms with E-state index in [1.807, 2.05) is 6.07 Å². The monoisotopic (exact) mass is 316 g/mol. The molecule has 0 saturated heterocycles. The Morgan fingerprint density at radius 2 is 1.87 bits per heavy atom. The summed E-state index contributed by atoms with van der Waals surface area (Å²) in [5.74, 6) is 0.512. The second-order valence-corrected chi connectivity index (χ2v) is 4.76. The number of nitrogens with zero attached hydrogens (tertiary/aromatic N) is 7. The Hall–Kier alpha value is -3.35. The zero-order chi connectivity index (χ0) is 17.0. The Morgan fingerprint density at radius 1 is 1.22 bits per heavy atom. The molecular weight excluding hydrogens is 300 g/mol. The Morgan fingerprint density at radius 3 is 2.48 bits per heavy atom. The average molecular weight is 316 g/mol. The summed E-state index contributed by atoms with van der Waals surface area (Å²) in [5, 5.41) is 16.4. The second-order valence-electron chi connectivity index (χ2n) is 4.76. The van der Waals surface area contributed by atoms with Gasteiger partial charge >= 0.3 is 12.1 Å². The Kier molecular flexibility index (Phi) is 4.61. The van der Waals surface area contributed by atoms with Crippen LogP contribution in [0.4, 0.5) is 21.2 Å². The van der Waals surface area contributed by atoms with Crippen LogP contribution in [0, 0.1) is 11.3 Å². The molecule has 0 aliphatic carbocycles. The van der Waals surface area contributed by atoms with Gasteiger partial charge < -0.3 is 10.6 Å². The highest BCUT2D eigenvalue weighted by Gasteiger charge is 2.19. The van der Waals surface area contributed by atoms with Crippen LogP contribution in [0.25, 0.3) is 0 Å². The summed E-state index contributed by atoms with van der Waals surface area (Å²) >= 11 is 0. The fourth-order valence-electron chi connectivity index (χ4n) is 1.78. The van der Waals surface area contributed by atoms with Crippen LogP contribution in [0.1, 0.15) is 6.42 Å². The van der Waals surface area contributed by atoms with Gasteiger partial charge in [0.25, 0.3) is 0 Å². The van der Waals surface area contributed by atoms with Crippen LogP contribution in [0.2, 0.25) is 0 Å². The van der Waals surface area contributed by atoms with Gasteiger partial charge in [-0.1, -0.05) is 0 Å². The molecule has 0 fully saturated rings. The van der Waals surface area contributed by atoms with E-state index in [0.29, 0.717) is 6.54 Å². The van der Waals surface area contributed by atoms with Crippen molar-refractivity contribution in [2.75, 3.05) is 31.3 Å². The summed E-state index contributed by atoms with van der Waals surface area (Å²) in [5.41, 5.74) is 5.48. The molecule has 0 saturated carbocycles. The number of rotatable bonds is 3. The highest BCUT2D eigenvalue weighted by Crippen LogP contribution is 2.11. The second kappa shape index (κ2) is 6.61. The molecule has 0 aliphatic rings. The molecule has 0 aliphatic heterocycles. The first-order valence-corrected chi connectivity index (χ1v) is 6.71. The van der Waals surface area contributed by atoms with E-state index in [-0.39, 0.29) is 18.1 Å². The van der Waals surface area contributed by atoms with Crippen molar-refractivity contribution in [1.29, 1.82) is 5.26 Å². The van der Waals surface area contributed by atoms with Crippen LogP contribution in [0.5, 0.6) is 0 Å². The first kappa shape index (κ1) is 16.0. The zero-order valence-corrected chi connectivity index (χ0v) is 12.7. The van der Waals surface area contributed by atoms with Crippen molar-refractivity contribution >= 4 is 23.7 Å². The number of anilines is 2. The number of amides is 2. The number of hydrogen-bond donors (Lipinski definition) is 1. The number of nitriles is 1. The largest absolute Gasteiger partial charge is 0.382 e. The summed E-state index contributed by atoms with van der Waals surface area (Å²) in [6.45, 7) is 0.297. The van der Waals surface area contributed by atoms with E-state index >= 15 is 0 Å². The Labute approximate surface area is 132 Å². The van der Waals surface area contributed by atoms with Gasteiger partial charge in [-0.3, -0.25) is 4.90 Å². The van der Waals surface area contributed by atoms with Crippen LogP contribution < -0.4 is 10.6 Å². The first-order valence-electron chi connectivity index (χ1n) is 6.71. The van der Waals surface area contributed by atoms with E-state index < -0.39 is 12.1 Å². The van der Waals surface area contributed by atoms with Crippen molar-refractivity contribution in [3.05, 3.63) is 24.5 Å². The minimum atomic E-state index is -0.461. The van der Waals surface area contributed by atoms with Gasteiger partial charge in [0, 0.05) is 45.2 Å². The molecule has 0 aromatic carbocycles. The molecule has 2 aromatic rings. The zero-order valence-electron chi connectivity index (χ0n) is 12.7. The predicted molar refractivity (Wildman–Crippen MR) is 81.7 cm³/mol. The van der Waals surface area contributed by atoms with Crippen LogP contribution in [0.15, 0.2) is 24.5 Å². The minimum Gasteiger partial charge on any atom is -0.382 e. The van der Waals surface area contributed by atoms with Gasteiger partial charge in [0.15, 0.2) is 5.82 Å². The van der Waals surface area contributed by atoms with Gasteiger partial charge in [-0.15, -0.1) is 10.2 Å². The van der Waals surface area contributed by atoms with Crippen LogP contribution in [-0.4, -0.2) is 57.2 Å². The molecule has 23 heavy (non-hydrogen) atoms. The fourth-order valence-corrected chi connectivity index (χ4v) is 1.78. The summed E-state index contributed by atoms with van der Waals surface area (Å²) in [6.07, 6.45) is 3.11. The van der Waals surface area contributed by atoms with Gasteiger partial charge in [-0.2, -0.15) is 14.6 Å². The van der Waals surface area contributed by atoms with Gasteiger partial charge in [0.1, 0.15) is 5.82 Å². The lowest BCUT2D eigenvalue weighted by atomic mass is 10.4. The lowest BCUT2D eigenvalue weighted by Crippen LogP contribution is -2.34. The molecular formula is C13H16N8O2. The predicted octanol–water partition coefficient (Wildman–Crippen LogP) is 0.580. The molecule has 2 aromatic heterocycles. The van der Waals surface area contributed by atoms with Gasteiger partial charge in [0.2, 0.25) is 0 Å². The van der Waals surface area contributed by atoms with Crippen molar-refractivity contribution in [3.63, 3.8) is 0 Å². The lowest BCUT2D eigenvalue weighted by Gasteiger charge is -2.15. The van der Waals surface area contributed by atoms with E-state index in [1.54, 1.807) is 7.05 Å². The number of hydrogen-bond acceptors (Lipinski definition) is 6. The van der Waals surface area contributed by atoms with Gasteiger partial charge in [-0.05, 0) is 0 Å². The number of aromatic nitrogens is 4. The van der Waals surface area contributed by atoms with Crippen LogP contribution in [-0.2, 0) is 0 Å². The fraction of sp³-hybridized carbons (Fsp3) is 0.308. The summed E-state index contributed by atoms with van der Waals surface area (Å²) in [4.78, 5) is 26.9. The van der Waals surface area contributed by atoms with Gasteiger partial charge in [0.05, 0.1) is 12.5 Å².